The van der Waals surface area contributed by atoms with Crippen LogP contribution in [-0.4, -0.2) is 39.4 Å². The fourth-order valence-corrected chi connectivity index (χ4v) is 3.78. The zero-order valence-corrected chi connectivity index (χ0v) is 16.0. The van der Waals surface area contributed by atoms with Crippen LogP contribution in [0.4, 0.5) is 4.39 Å². The second kappa shape index (κ2) is 9.89. The van der Waals surface area contributed by atoms with Crippen LogP contribution in [0, 0.1) is 11.7 Å². The van der Waals surface area contributed by atoms with Crippen molar-refractivity contribution in [3.05, 3.63) is 34.6 Å². The Hall–Kier alpha value is -0.440. The van der Waals surface area contributed by atoms with Crippen LogP contribution < -0.4 is 10.0 Å². The van der Waals surface area contributed by atoms with Gasteiger partial charge in [0.1, 0.15) is 5.82 Å². The molecule has 0 amide bonds. The van der Waals surface area contributed by atoms with E-state index in [1.807, 2.05) is 0 Å². The summed E-state index contributed by atoms with van der Waals surface area (Å²) in [7, 11) is -2.25. The van der Waals surface area contributed by atoms with Crippen molar-refractivity contribution < 1.29 is 12.8 Å². The van der Waals surface area contributed by atoms with Crippen molar-refractivity contribution in [2.75, 3.05) is 26.7 Å². The number of nitrogens with one attached hydrogen (secondary N) is 2. The third-order valence-corrected chi connectivity index (χ3v) is 5.96. The fourth-order valence-electron chi connectivity index (χ4n) is 2.66. The molecular formula is C15H24Cl2FN3O2S. The molecule has 1 aromatic rings. The molecule has 0 spiro atoms. The maximum atomic E-state index is 13.8. The smallest absolute Gasteiger partial charge is 0.279 e. The highest BCUT2D eigenvalue weighted by molar-refractivity contribution is 7.87. The van der Waals surface area contributed by atoms with Gasteiger partial charge in [-0.3, -0.25) is 0 Å². The summed E-state index contributed by atoms with van der Waals surface area (Å²) in [6.45, 7) is 2.24. The van der Waals surface area contributed by atoms with Crippen LogP contribution in [0.2, 0.25) is 5.02 Å². The third-order valence-electron chi connectivity index (χ3n) is 4.09. The van der Waals surface area contributed by atoms with E-state index in [0.717, 1.165) is 36.7 Å². The lowest BCUT2D eigenvalue weighted by Crippen LogP contribution is -2.39. The van der Waals surface area contributed by atoms with E-state index in [4.69, 9.17) is 11.6 Å². The summed E-state index contributed by atoms with van der Waals surface area (Å²) in [4.78, 5) is 0. The zero-order chi connectivity index (χ0) is 16.9. The number of benzene rings is 1. The molecular weight excluding hydrogens is 376 g/mol. The minimum atomic E-state index is -3.66. The summed E-state index contributed by atoms with van der Waals surface area (Å²) in [5.74, 6) is -0.00871. The van der Waals surface area contributed by atoms with Gasteiger partial charge in [-0.2, -0.15) is 12.7 Å². The molecule has 9 heteroatoms. The molecule has 0 saturated carbocycles. The molecule has 1 unspecified atom stereocenters. The van der Waals surface area contributed by atoms with Gasteiger partial charge in [-0.05, 0) is 50.4 Å². The molecule has 1 heterocycles. The number of nitrogens with zero attached hydrogens (tertiary/aromatic N) is 1. The van der Waals surface area contributed by atoms with E-state index < -0.39 is 16.0 Å². The van der Waals surface area contributed by atoms with Crippen LogP contribution in [0.5, 0.6) is 0 Å². The van der Waals surface area contributed by atoms with Gasteiger partial charge in [0.05, 0.1) is 0 Å². The Labute approximate surface area is 154 Å². The van der Waals surface area contributed by atoms with Gasteiger partial charge in [0.25, 0.3) is 10.2 Å². The van der Waals surface area contributed by atoms with Gasteiger partial charge in [-0.15, -0.1) is 12.4 Å². The quantitative estimate of drug-likeness (QED) is 0.740. The van der Waals surface area contributed by atoms with Crippen LogP contribution in [0.3, 0.4) is 0 Å². The van der Waals surface area contributed by atoms with Gasteiger partial charge in [0, 0.05) is 30.7 Å². The maximum absolute atomic E-state index is 13.8. The topological polar surface area (TPSA) is 61.4 Å². The minimum Gasteiger partial charge on any atom is -0.316 e. The van der Waals surface area contributed by atoms with Crippen molar-refractivity contribution in [1.29, 1.82) is 0 Å². The maximum Gasteiger partial charge on any atom is 0.279 e. The van der Waals surface area contributed by atoms with Gasteiger partial charge in [0.2, 0.25) is 0 Å². The lowest BCUT2D eigenvalue weighted by molar-refractivity contribution is 0.356. The molecule has 24 heavy (non-hydrogen) atoms. The molecule has 1 fully saturated rings. The minimum absolute atomic E-state index is 0. The van der Waals surface area contributed by atoms with Gasteiger partial charge in [0.15, 0.2) is 0 Å². The summed E-state index contributed by atoms with van der Waals surface area (Å²) in [6, 6.07) is 4.31. The second-order valence-electron chi connectivity index (χ2n) is 5.86. The van der Waals surface area contributed by atoms with E-state index >= 15 is 0 Å². The Balaban J connectivity index is 0.00000288. The Kier molecular flexibility index (Phi) is 8.90. The number of hydrogen-bond acceptors (Lipinski definition) is 3. The highest BCUT2D eigenvalue weighted by Crippen LogP contribution is 2.21. The number of halogens is 3. The van der Waals surface area contributed by atoms with Gasteiger partial charge >= 0.3 is 0 Å². The fraction of sp³-hybridized carbons (Fsp3) is 0.600. The van der Waals surface area contributed by atoms with Crippen LogP contribution >= 0.6 is 24.0 Å². The first-order valence-corrected chi connectivity index (χ1v) is 9.56. The largest absolute Gasteiger partial charge is 0.316 e. The lowest BCUT2D eigenvalue weighted by atomic mass is 9.96. The number of hydrogen-bond donors (Lipinski definition) is 2. The van der Waals surface area contributed by atoms with E-state index in [2.05, 4.69) is 10.0 Å². The predicted octanol–water partition coefficient (Wildman–Crippen LogP) is 2.56. The van der Waals surface area contributed by atoms with E-state index in [1.165, 1.54) is 19.2 Å². The summed E-state index contributed by atoms with van der Waals surface area (Å²) >= 11 is 5.94. The molecule has 0 aromatic heterocycles. The van der Waals surface area contributed by atoms with E-state index in [0.29, 0.717) is 12.5 Å². The van der Waals surface area contributed by atoms with Crippen molar-refractivity contribution in [2.45, 2.75) is 25.8 Å². The van der Waals surface area contributed by atoms with Crippen molar-refractivity contribution in [2.24, 2.45) is 5.92 Å². The van der Waals surface area contributed by atoms with Crippen LogP contribution in [0.1, 0.15) is 24.8 Å². The van der Waals surface area contributed by atoms with Gasteiger partial charge in [-0.1, -0.05) is 17.7 Å². The highest BCUT2D eigenvalue weighted by Gasteiger charge is 2.21. The number of rotatable bonds is 7. The van der Waals surface area contributed by atoms with Crippen molar-refractivity contribution in [1.82, 2.24) is 14.3 Å². The molecule has 1 aliphatic heterocycles. The average molecular weight is 400 g/mol. The summed E-state index contributed by atoms with van der Waals surface area (Å²) < 4.78 is 41.9. The van der Waals surface area contributed by atoms with Crippen LogP contribution in [0.25, 0.3) is 0 Å². The van der Waals surface area contributed by atoms with Gasteiger partial charge < -0.3 is 5.32 Å². The first-order chi connectivity index (χ1) is 10.9. The molecule has 5 nitrogen and oxygen atoms in total. The Morgan fingerprint density at radius 1 is 1.46 bits per heavy atom. The highest BCUT2D eigenvalue weighted by atomic mass is 35.5. The van der Waals surface area contributed by atoms with E-state index in [-0.39, 0.29) is 29.5 Å². The second-order valence-corrected chi connectivity index (χ2v) is 8.13. The van der Waals surface area contributed by atoms with Crippen LogP contribution in [0.15, 0.2) is 18.2 Å². The van der Waals surface area contributed by atoms with E-state index in [9.17, 15) is 12.8 Å². The molecule has 0 aliphatic carbocycles. The molecule has 1 saturated heterocycles. The Morgan fingerprint density at radius 2 is 2.21 bits per heavy atom. The van der Waals surface area contributed by atoms with E-state index in [1.54, 1.807) is 6.07 Å². The standard InChI is InChI=1S/C15H23ClFN3O2S.ClH/c1-20(11-13-14(16)5-2-6-15(13)17)23(21,22)19-9-7-12-4-3-8-18-10-12;/h2,5-6,12,18-19H,3-4,7-11H2,1H3;1H. The lowest BCUT2D eigenvalue weighted by Gasteiger charge is -2.23. The van der Waals surface area contributed by atoms with Crippen molar-refractivity contribution >= 4 is 34.2 Å². The molecule has 1 aromatic carbocycles. The zero-order valence-electron chi connectivity index (χ0n) is 13.6. The third kappa shape index (κ3) is 6.13. The first-order valence-electron chi connectivity index (χ1n) is 7.74. The first kappa shape index (κ1) is 21.6. The molecule has 0 radical (unpaired) electrons. The molecule has 2 N–H and O–H groups in total. The van der Waals surface area contributed by atoms with Crippen molar-refractivity contribution in [3.63, 3.8) is 0 Å². The molecule has 0 bridgehead atoms. The Morgan fingerprint density at radius 3 is 2.83 bits per heavy atom. The molecule has 138 valence electrons. The monoisotopic (exact) mass is 399 g/mol. The number of piperidine rings is 1. The summed E-state index contributed by atoms with van der Waals surface area (Å²) in [5.41, 5.74) is 0.179. The van der Waals surface area contributed by atoms with Crippen molar-refractivity contribution in [3.8, 4) is 0 Å². The van der Waals surface area contributed by atoms with Crippen LogP contribution in [-0.2, 0) is 16.8 Å². The average Bonchev–Trinajstić information content (AvgIpc) is 2.51. The normalized spacial score (nSPS) is 18.4. The summed E-state index contributed by atoms with van der Waals surface area (Å²) in [5, 5.41) is 3.53. The molecule has 1 atom stereocenters. The van der Waals surface area contributed by atoms with Gasteiger partial charge in [-0.25, -0.2) is 9.11 Å². The summed E-state index contributed by atoms with van der Waals surface area (Å²) in [6.07, 6.45) is 3.04. The molecule has 2 rings (SSSR count). The molecule has 1 aliphatic rings. The SMILES string of the molecule is CN(Cc1c(F)cccc1Cl)S(=O)(=O)NCCC1CCCNC1.Cl. The predicted molar refractivity (Wildman–Crippen MR) is 97.3 cm³/mol. The Bertz CT molecular complexity index is 605.